The maximum absolute atomic E-state index is 12.5. The van der Waals surface area contributed by atoms with Crippen molar-refractivity contribution in [3.05, 3.63) is 11.8 Å². The second-order valence-electron chi connectivity index (χ2n) is 4.16. The number of nitrogens with one attached hydrogen (secondary N) is 2. The number of rotatable bonds is 8. The zero-order valence-corrected chi connectivity index (χ0v) is 12.0. The van der Waals surface area contributed by atoms with Crippen molar-refractivity contribution in [2.45, 2.75) is 38.3 Å². The highest BCUT2D eigenvalue weighted by molar-refractivity contribution is 7.89. The Labute approximate surface area is 109 Å². The van der Waals surface area contributed by atoms with Gasteiger partial charge in [0.05, 0.1) is 6.20 Å². The molecule has 0 fully saturated rings. The predicted molar refractivity (Wildman–Crippen MR) is 70.7 cm³/mol. The molecule has 0 unspecified atom stereocenters. The van der Waals surface area contributed by atoms with Crippen molar-refractivity contribution in [3.63, 3.8) is 0 Å². The third-order valence-electron chi connectivity index (χ3n) is 2.59. The molecule has 6 nitrogen and oxygen atoms in total. The predicted octanol–water partition coefficient (Wildman–Crippen LogP) is 0.940. The lowest BCUT2D eigenvalue weighted by molar-refractivity contribution is 0.407. The molecule has 1 rings (SSSR count). The average molecular weight is 274 g/mol. The van der Waals surface area contributed by atoms with Crippen molar-refractivity contribution in [1.82, 2.24) is 19.8 Å². The lowest BCUT2D eigenvalue weighted by Crippen LogP contribution is -2.33. The molecule has 0 amide bonds. The first-order valence-corrected chi connectivity index (χ1v) is 7.68. The average Bonchev–Trinajstić information content (AvgIpc) is 2.78. The summed E-state index contributed by atoms with van der Waals surface area (Å²) in [5.41, 5.74) is 0.676. The fourth-order valence-corrected chi connectivity index (χ4v) is 3.55. The number of aromatic amines is 1. The summed E-state index contributed by atoms with van der Waals surface area (Å²) in [6.07, 6.45) is 3.16. The highest BCUT2D eigenvalue weighted by atomic mass is 32.2. The van der Waals surface area contributed by atoms with Crippen molar-refractivity contribution >= 4 is 10.0 Å². The number of sulfonamides is 1. The Hall–Kier alpha value is -0.920. The van der Waals surface area contributed by atoms with Gasteiger partial charge < -0.3 is 5.32 Å². The van der Waals surface area contributed by atoms with E-state index in [1.807, 2.05) is 13.8 Å². The number of hydrogen-bond donors (Lipinski definition) is 2. The SMILES string of the molecule is CCCN(CCC)S(=O)(=O)c1[nH]ncc1CNC. The second kappa shape index (κ2) is 6.86. The van der Waals surface area contributed by atoms with Gasteiger partial charge in [0.1, 0.15) is 0 Å². The van der Waals surface area contributed by atoms with Gasteiger partial charge in [0.2, 0.25) is 0 Å². The van der Waals surface area contributed by atoms with Crippen LogP contribution in [0, 0.1) is 0 Å². The normalized spacial score (nSPS) is 12.2. The third-order valence-corrected chi connectivity index (χ3v) is 4.50. The summed E-state index contributed by atoms with van der Waals surface area (Å²) in [5, 5.41) is 9.60. The Morgan fingerprint density at radius 3 is 2.44 bits per heavy atom. The highest BCUT2D eigenvalue weighted by Gasteiger charge is 2.27. The summed E-state index contributed by atoms with van der Waals surface area (Å²) in [7, 11) is -1.68. The first-order chi connectivity index (χ1) is 8.57. The summed E-state index contributed by atoms with van der Waals surface area (Å²) in [6.45, 7) is 5.50. The molecule has 104 valence electrons. The van der Waals surface area contributed by atoms with E-state index in [1.165, 1.54) is 4.31 Å². The van der Waals surface area contributed by atoms with Gasteiger partial charge in [-0.15, -0.1) is 0 Å². The van der Waals surface area contributed by atoms with Crippen molar-refractivity contribution in [2.75, 3.05) is 20.1 Å². The lowest BCUT2D eigenvalue weighted by atomic mass is 10.4. The van der Waals surface area contributed by atoms with E-state index in [0.717, 1.165) is 12.8 Å². The minimum absolute atomic E-state index is 0.207. The van der Waals surface area contributed by atoms with Crippen LogP contribution in [-0.2, 0) is 16.6 Å². The maximum atomic E-state index is 12.5. The van der Waals surface area contributed by atoms with Crippen molar-refractivity contribution in [3.8, 4) is 0 Å². The van der Waals surface area contributed by atoms with E-state index < -0.39 is 10.0 Å². The Kier molecular flexibility index (Phi) is 5.77. The van der Waals surface area contributed by atoms with E-state index in [-0.39, 0.29) is 5.03 Å². The second-order valence-corrected chi connectivity index (χ2v) is 6.03. The van der Waals surface area contributed by atoms with Gasteiger partial charge in [-0.05, 0) is 19.9 Å². The monoisotopic (exact) mass is 274 g/mol. The van der Waals surface area contributed by atoms with E-state index in [1.54, 1.807) is 13.2 Å². The van der Waals surface area contributed by atoms with Gasteiger partial charge in [-0.3, -0.25) is 5.10 Å². The Morgan fingerprint density at radius 2 is 1.94 bits per heavy atom. The lowest BCUT2D eigenvalue weighted by Gasteiger charge is -2.20. The largest absolute Gasteiger partial charge is 0.316 e. The van der Waals surface area contributed by atoms with Crippen LogP contribution >= 0.6 is 0 Å². The smallest absolute Gasteiger partial charge is 0.260 e. The van der Waals surface area contributed by atoms with Gasteiger partial charge in [0.15, 0.2) is 5.03 Å². The summed E-state index contributed by atoms with van der Waals surface area (Å²) in [4.78, 5) is 0. The van der Waals surface area contributed by atoms with Gasteiger partial charge in [0.25, 0.3) is 10.0 Å². The summed E-state index contributed by atoms with van der Waals surface area (Å²) < 4.78 is 26.5. The van der Waals surface area contributed by atoms with Crippen LogP contribution in [0.15, 0.2) is 11.2 Å². The zero-order chi connectivity index (χ0) is 13.6. The molecule has 1 aromatic rings. The van der Waals surface area contributed by atoms with Crippen LogP contribution in [0.2, 0.25) is 0 Å². The fourth-order valence-electron chi connectivity index (χ4n) is 1.82. The molecule has 0 saturated heterocycles. The van der Waals surface area contributed by atoms with E-state index in [9.17, 15) is 8.42 Å². The van der Waals surface area contributed by atoms with Crippen LogP contribution in [0.25, 0.3) is 0 Å². The Morgan fingerprint density at radius 1 is 1.33 bits per heavy atom. The summed E-state index contributed by atoms with van der Waals surface area (Å²) >= 11 is 0. The molecule has 0 aliphatic rings. The van der Waals surface area contributed by atoms with Crippen molar-refractivity contribution in [1.29, 1.82) is 0 Å². The van der Waals surface area contributed by atoms with Crippen LogP contribution in [0.5, 0.6) is 0 Å². The zero-order valence-electron chi connectivity index (χ0n) is 11.2. The number of hydrogen-bond acceptors (Lipinski definition) is 4. The van der Waals surface area contributed by atoms with Gasteiger partial charge in [-0.25, -0.2) is 8.42 Å². The number of H-pyrrole nitrogens is 1. The first kappa shape index (κ1) is 15.1. The molecule has 1 heterocycles. The van der Waals surface area contributed by atoms with E-state index in [4.69, 9.17) is 0 Å². The van der Waals surface area contributed by atoms with E-state index in [0.29, 0.717) is 25.2 Å². The Bertz CT molecular complexity index is 449. The first-order valence-electron chi connectivity index (χ1n) is 6.24. The molecule has 0 aromatic carbocycles. The molecule has 0 spiro atoms. The molecular weight excluding hydrogens is 252 g/mol. The molecule has 0 atom stereocenters. The van der Waals surface area contributed by atoms with Crippen LogP contribution in [0.4, 0.5) is 0 Å². The van der Waals surface area contributed by atoms with Crippen LogP contribution in [0.1, 0.15) is 32.3 Å². The standard InChI is InChI=1S/C11H22N4O2S/c1-4-6-15(7-5-2)18(16,17)11-10(8-12-3)9-13-14-11/h9,12H,4-8H2,1-3H3,(H,13,14). The molecule has 0 saturated carbocycles. The van der Waals surface area contributed by atoms with Gasteiger partial charge in [0, 0.05) is 25.2 Å². The third kappa shape index (κ3) is 3.30. The topological polar surface area (TPSA) is 78.1 Å². The fraction of sp³-hybridized carbons (Fsp3) is 0.727. The van der Waals surface area contributed by atoms with Gasteiger partial charge in [-0.2, -0.15) is 9.40 Å². The molecule has 1 aromatic heterocycles. The van der Waals surface area contributed by atoms with Crippen LogP contribution in [-0.4, -0.2) is 43.1 Å². The van der Waals surface area contributed by atoms with Crippen molar-refractivity contribution in [2.24, 2.45) is 0 Å². The molecular formula is C11H22N4O2S. The maximum Gasteiger partial charge on any atom is 0.260 e. The Balaban J connectivity index is 3.05. The molecule has 18 heavy (non-hydrogen) atoms. The molecule has 0 aliphatic carbocycles. The summed E-state index contributed by atoms with van der Waals surface area (Å²) in [6, 6.07) is 0. The molecule has 0 radical (unpaired) electrons. The van der Waals surface area contributed by atoms with Crippen molar-refractivity contribution < 1.29 is 8.42 Å². The van der Waals surface area contributed by atoms with Gasteiger partial charge in [-0.1, -0.05) is 13.8 Å². The molecule has 7 heteroatoms. The minimum Gasteiger partial charge on any atom is -0.316 e. The van der Waals surface area contributed by atoms with E-state index in [2.05, 4.69) is 15.5 Å². The quantitative estimate of drug-likeness (QED) is 0.739. The minimum atomic E-state index is -3.46. The van der Waals surface area contributed by atoms with Gasteiger partial charge >= 0.3 is 0 Å². The molecule has 0 bridgehead atoms. The van der Waals surface area contributed by atoms with Crippen LogP contribution in [0.3, 0.4) is 0 Å². The molecule has 2 N–H and O–H groups in total. The van der Waals surface area contributed by atoms with E-state index >= 15 is 0 Å². The number of aromatic nitrogens is 2. The highest BCUT2D eigenvalue weighted by Crippen LogP contribution is 2.18. The summed E-state index contributed by atoms with van der Waals surface area (Å²) in [5.74, 6) is 0. The number of nitrogens with zero attached hydrogens (tertiary/aromatic N) is 2. The molecule has 0 aliphatic heterocycles. The van der Waals surface area contributed by atoms with Crippen LogP contribution < -0.4 is 5.32 Å².